The van der Waals surface area contributed by atoms with Gasteiger partial charge in [0, 0.05) is 25.0 Å². The van der Waals surface area contributed by atoms with E-state index < -0.39 is 47.5 Å². The summed E-state index contributed by atoms with van der Waals surface area (Å²) in [5, 5.41) is 17.4. The van der Waals surface area contributed by atoms with Crippen molar-refractivity contribution in [2.45, 2.75) is 38.5 Å². The highest BCUT2D eigenvalue weighted by Gasteiger charge is 2.41. The molecule has 3 aromatic heterocycles. The van der Waals surface area contributed by atoms with E-state index in [9.17, 15) is 18.3 Å². The van der Waals surface area contributed by atoms with Gasteiger partial charge in [-0.3, -0.25) is 4.68 Å². The summed E-state index contributed by atoms with van der Waals surface area (Å²) in [6.45, 7) is -0.258. The first-order chi connectivity index (χ1) is 17.6. The van der Waals surface area contributed by atoms with Crippen molar-refractivity contribution in [3.05, 3.63) is 53.3 Å². The second-order valence-electron chi connectivity index (χ2n) is 8.24. The molecule has 0 spiro atoms. The largest absolute Gasteiger partial charge is 0.497 e. The van der Waals surface area contributed by atoms with Crippen molar-refractivity contribution in [2.24, 2.45) is 0 Å². The molecule has 4 aromatic rings. The Kier molecular flexibility index (Phi) is 6.05. The average Bonchev–Trinajstić information content (AvgIpc) is 3.42. The molecule has 190 valence electrons. The van der Waals surface area contributed by atoms with Crippen molar-refractivity contribution in [3.8, 4) is 39.7 Å². The molecule has 0 aliphatic rings. The summed E-state index contributed by atoms with van der Waals surface area (Å²) in [5.74, 6) is -1.52. The van der Waals surface area contributed by atoms with Gasteiger partial charge >= 0.3 is 6.18 Å². The zero-order chi connectivity index (χ0) is 28.0. The fraction of sp³-hybridized carbons (Fsp3) is 0.304. The van der Waals surface area contributed by atoms with Gasteiger partial charge in [0.1, 0.15) is 17.3 Å². The van der Waals surface area contributed by atoms with Gasteiger partial charge in [-0.2, -0.15) is 18.3 Å². The lowest BCUT2D eigenvalue weighted by Crippen LogP contribution is -2.24. The normalized spacial score (nSPS) is 13.5. The third-order valence-corrected chi connectivity index (χ3v) is 5.21. The lowest BCUT2D eigenvalue weighted by atomic mass is 10.0. The minimum absolute atomic E-state index is 0.0900. The minimum atomic E-state index is -5.14. The molecule has 0 amide bonds. The predicted octanol–water partition coefficient (Wildman–Crippen LogP) is 5.64. The van der Waals surface area contributed by atoms with Gasteiger partial charge in [-0.05, 0) is 32.4 Å². The fourth-order valence-electron chi connectivity index (χ4n) is 3.35. The molecule has 0 aliphatic heterocycles. The molecule has 0 saturated heterocycles. The molecule has 8 nitrogen and oxygen atoms in total. The van der Waals surface area contributed by atoms with Crippen LogP contribution >= 0.6 is 11.6 Å². The summed E-state index contributed by atoms with van der Waals surface area (Å²) < 4.78 is 85.2. The molecule has 0 unspecified atom stereocenters. The highest BCUT2D eigenvalue weighted by Crippen LogP contribution is 2.46. The first-order valence-electron chi connectivity index (χ1n) is 11.3. The van der Waals surface area contributed by atoms with Crippen LogP contribution in [0.4, 0.5) is 17.6 Å². The number of nitrogens with zero attached hydrogens (tertiary/aromatic N) is 5. The van der Waals surface area contributed by atoms with Crippen molar-refractivity contribution in [3.63, 3.8) is 0 Å². The van der Waals surface area contributed by atoms with Crippen molar-refractivity contribution >= 4 is 11.6 Å². The maximum absolute atomic E-state index is 15.1. The number of hydrogen-bond acceptors (Lipinski definition) is 7. The van der Waals surface area contributed by atoms with E-state index in [2.05, 4.69) is 20.2 Å². The molecule has 13 heteroatoms. The Morgan fingerprint density at radius 2 is 1.89 bits per heavy atom. The van der Waals surface area contributed by atoms with Gasteiger partial charge in [0.05, 0.1) is 43.4 Å². The number of aromatic nitrogens is 5. The van der Waals surface area contributed by atoms with E-state index in [-0.39, 0.29) is 38.1 Å². The molecule has 4 rings (SSSR count). The number of halogens is 5. The third kappa shape index (κ3) is 5.05. The van der Waals surface area contributed by atoms with Crippen LogP contribution in [0.25, 0.3) is 34.0 Å². The number of benzene rings is 1. The van der Waals surface area contributed by atoms with E-state index in [0.717, 1.165) is 12.3 Å². The quantitative estimate of drug-likeness (QED) is 0.310. The summed E-state index contributed by atoms with van der Waals surface area (Å²) in [6.07, 6.45) is -2.49. The zero-order valence-electron chi connectivity index (χ0n) is 21.1. The first-order valence-corrected chi connectivity index (χ1v) is 10.7. The topological polar surface area (TPSA) is 99.1 Å². The molecular weight excluding hydrogens is 506 g/mol. The van der Waals surface area contributed by atoms with Crippen LogP contribution in [-0.4, -0.2) is 42.7 Å². The van der Waals surface area contributed by atoms with E-state index in [1.54, 1.807) is 0 Å². The Morgan fingerprint density at radius 3 is 2.47 bits per heavy atom. The fourth-order valence-corrected chi connectivity index (χ4v) is 3.64. The zero-order valence-corrected chi connectivity index (χ0v) is 19.8. The number of ether oxygens (including phenoxy) is 1. The standard InChI is InChI=1S/C23H20ClF4N5O3/c1-22(2,34)5-8-33-20(23(26,27)28)13(11-31-33)19-17(21-29-6-4-7-30-21)18(32-36-19)16-14(24)9-12(35-3)10-15(16)25/h4,6-7,9-11,34H,5,8H2,1-3H3/i8D2. The second kappa shape index (κ2) is 9.51. The van der Waals surface area contributed by atoms with E-state index in [1.807, 2.05) is 0 Å². The molecule has 0 fully saturated rings. The molecule has 0 saturated carbocycles. The summed E-state index contributed by atoms with van der Waals surface area (Å²) in [7, 11) is 1.30. The summed E-state index contributed by atoms with van der Waals surface area (Å²) in [5.41, 5.74) is -4.72. The molecule has 0 radical (unpaired) electrons. The van der Waals surface area contributed by atoms with Crippen LogP contribution in [-0.2, 0) is 12.7 Å². The monoisotopic (exact) mass is 527 g/mol. The predicted molar refractivity (Wildman–Crippen MR) is 122 cm³/mol. The molecule has 0 aliphatic carbocycles. The Hall–Kier alpha value is -3.51. The van der Waals surface area contributed by atoms with Gasteiger partial charge in [-0.25, -0.2) is 14.4 Å². The highest BCUT2D eigenvalue weighted by molar-refractivity contribution is 6.33. The van der Waals surface area contributed by atoms with Crippen molar-refractivity contribution in [2.75, 3.05) is 7.11 Å². The summed E-state index contributed by atoms with van der Waals surface area (Å²) >= 11 is 6.28. The van der Waals surface area contributed by atoms with E-state index >= 15 is 4.39 Å². The number of methoxy groups -OCH3 is 1. The van der Waals surface area contributed by atoms with E-state index in [1.165, 1.54) is 45.5 Å². The number of hydrogen-bond donors (Lipinski definition) is 1. The van der Waals surface area contributed by atoms with Gasteiger partial charge < -0.3 is 14.4 Å². The van der Waals surface area contributed by atoms with E-state index in [0.29, 0.717) is 0 Å². The number of aryl methyl sites for hydroxylation is 1. The summed E-state index contributed by atoms with van der Waals surface area (Å²) in [6, 6.07) is 3.76. The van der Waals surface area contributed by atoms with Crippen LogP contribution in [0.5, 0.6) is 5.75 Å². The highest BCUT2D eigenvalue weighted by atomic mass is 35.5. The molecule has 1 aromatic carbocycles. The van der Waals surface area contributed by atoms with Gasteiger partial charge in [0.25, 0.3) is 0 Å². The van der Waals surface area contributed by atoms with Crippen LogP contribution < -0.4 is 4.74 Å². The van der Waals surface area contributed by atoms with E-state index in [4.69, 9.17) is 23.6 Å². The maximum atomic E-state index is 15.1. The SMILES string of the molecule is [2H]C([2H])(CC(C)(C)O)n1ncc(-c2onc(-c3c(F)cc(OC)cc3Cl)c2-c2ncccn2)c1C(F)(F)F. The molecule has 36 heavy (non-hydrogen) atoms. The number of alkyl halides is 3. The second-order valence-corrected chi connectivity index (χ2v) is 8.64. The van der Waals surface area contributed by atoms with Crippen molar-refractivity contribution in [1.29, 1.82) is 0 Å². The van der Waals surface area contributed by atoms with Crippen LogP contribution in [0.1, 0.15) is 28.7 Å². The summed E-state index contributed by atoms with van der Waals surface area (Å²) in [4.78, 5) is 8.13. The average molecular weight is 528 g/mol. The van der Waals surface area contributed by atoms with Gasteiger partial charge in [0.15, 0.2) is 17.3 Å². The third-order valence-electron chi connectivity index (χ3n) is 4.91. The van der Waals surface area contributed by atoms with Crippen molar-refractivity contribution in [1.82, 2.24) is 24.9 Å². The van der Waals surface area contributed by atoms with Crippen LogP contribution in [0.15, 0.2) is 41.3 Å². The van der Waals surface area contributed by atoms with Gasteiger partial charge in [-0.1, -0.05) is 16.8 Å². The lowest BCUT2D eigenvalue weighted by molar-refractivity contribution is -0.144. The van der Waals surface area contributed by atoms with Gasteiger partial charge in [-0.15, -0.1) is 0 Å². The Morgan fingerprint density at radius 1 is 1.19 bits per heavy atom. The Bertz CT molecular complexity index is 1450. The number of aliphatic hydroxyl groups is 1. The molecular formula is C23H20ClF4N5O3. The maximum Gasteiger partial charge on any atom is 0.433 e. The van der Waals surface area contributed by atoms with Crippen LogP contribution in [0.2, 0.25) is 5.02 Å². The van der Waals surface area contributed by atoms with Crippen LogP contribution in [0.3, 0.4) is 0 Å². The van der Waals surface area contributed by atoms with Crippen molar-refractivity contribution < 1.29 is 34.7 Å². The van der Waals surface area contributed by atoms with Gasteiger partial charge in [0.2, 0.25) is 0 Å². The molecule has 0 atom stereocenters. The molecule has 3 heterocycles. The Balaban J connectivity index is 2.02. The van der Waals surface area contributed by atoms with Crippen LogP contribution in [0, 0.1) is 5.82 Å². The lowest BCUT2D eigenvalue weighted by Gasteiger charge is -2.18. The minimum Gasteiger partial charge on any atom is -0.497 e. The Labute approximate surface area is 210 Å². The first kappa shape index (κ1) is 22.9. The smallest absolute Gasteiger partial charge is 0.433 e. The molecule has 1 N–H and O–H groups in total. The molecule has 0 bridgehead atoms. The number of rotatable bonds is 7.